The summed E-state index contributed by atoms with van der Waals surface area (Å²) in [6.07, 6.45) is 2.04. The molecule has 0 aliphatic heterocycles. The van der Waals surface area contributed by atoms with E-state index in [4.69, 9.17) is 5.73 Å². The summed E-state index contributed by atoms with van der Waals surface area (Å²) >= 11 is 0. The Morgan fingerprint density at radius 3 is 2.50 bits per heavy atom. The Morgan fingerprint density at radius 2 is 2.05 bits per heavy atom. The Kier molecular flexibility index (Phi) is 5.54. The van der Waals surface area contributed by atoms with E-state index in [0.717, 1.165) is 12.8 Å². The van der Waals surface area contributed by atoms with Crippen molar-refractivity contribution in [1.29, 1.82) is 0 Å². The van der Waals surface area contributed by atoms with Crippen LogP contribution in [-0.2, 0) is 10.0 Å². The molecule has 0 spiro atoms. The first-order valence-electron chi connectivity index (χ1n) is 6.32. The highest BCUT2D eigenvalue weighted by Crippen LogP contribution is 2.36. The van der Waals surface area contributed by atoms with Crippen LogP contribution in [0.25, 0.3) is 0 Å². The lowest BCUT2D eigenvalue weighted by molar-refractivity contribution is 0.340. The summed E-state index contributed by atoms with van der Waals surface area (Å²) in [5, 5.41) is 0. The molecule has 0 bridgehead atoms. The SMILES string of the molecule is Cc1cc(F)ccc1S(=O)(=O)N(C)C(CN)C1CC1.Cl. The van der Waals surface area contributed by atoms with Crippen molar-refractivity contribution < 1.29 is 12.8 Å². The topological polar surface area (TPSA) is 63.4 Å². The average Bonchev–Trinajstić information content (AvgIpc) is 3.13. The molecule has 20 heavy (non-hydrogen) atoms. The molecule has 1 atom stereocenters. The number of benzene rings is 1. The van der Waals surface area contributed by atoms with Crippen molar-refractivity contribution in [2.24, 2.45) is 11.7 Å². The summed E-state index contributed by atoms with van der Waals surface area (Å²) in [4.78, 5) is 0.149. The summed E-state index contributed by atoms with van der Waals surface area (Å²) in [5.41, 5.74) is 6.10. The fraction of sp³-hybridized carbons (Fsp3) is 0.538. The minimum atomic E-state index is -3.62. The van der Waals surface area contributed by atoms with Crippen LogP contribution in [-0.4, -0.2) is 32.4 Å². The molecule has 114 valence electrons. The van der Waals surface area contributed by atoms with Gasteiger partial charge in [-0.15, -0.1) is 12.4 Å². The number of hydrogen-bond acceptors (Lipinski definition) is 3. The highest BCUT2D eigenvalue weighted by atomic mass is 35.5. The second kappa shape index (κ2) is 6.39. The number of aryl methyl sites for hydroxylation is 1. The summed E-state index contributed by atoms with van der Waals surface area (Å²) < 4.78 is 39.5. The van der Waals surface area contributed by atoms with Crippen LogP contribution in [0.3, 0.4) is 0 Å². The minimum absolute atomic E-state index is 0. The Labute approximate surface area is 125 Å². The van der Waals surface area contributed by atoms with Crippen molar-refractivity contribution in [3.05, 3.63) is 29.6 Å². The minimum Gasteiger partial charge on any atom is -0.329 e. The van der Waals surface area contributed by atoms with Crippen molar-refractivity contribution in [3.8, 4) is 0 Å². The fourth-order valence-electron chi connectivity index (χ4n) is 2.35. The van der Waals surface area contributed by atoms with Crippen molar-refractivity contribution in [1.82, 2.24) is 4.31 Å². The summed E-state index contributed by atoms with van der Waals surface area (Å²) in [7, 11) is -2.07. The van der Waals surface area contributed by atoms with Gasteiger partial charge in [-0.2, -0.15) is 4.31 Å². The lowest BCUT2D eigenvalue weighted by Crippen LogP contribution is -2.43. The van der Waals surface area contributed by atoms with E-state index in [2.05, 4.69) is 0 Å². The van der Waals surface area contributed by atoms with Gasteiger partial charge >= 0.3 is 0 Å². The molecule has 0 heterocycles. The molecule has 0 saturated heterocycles. The Hall–Kier alpha value is -0.690. The second-order valence-electron chi connectivity index (χ2n) is 5.07. The number of sulfonamides is 1. The predicted octanol–water partition coefficient (Wildman–Crippen LogP) is 1.91. The lowest BCUT2D eigenvalue weighted by Gasteiger charge is -2.27. The molecule has 1 aromatic rings. The van der Waals surface area contributed by atoms with Gasteiger partial charge in [0.15, 0.2) is 0 Å². The van der Waals surface area contributed by atoms with Gasteiger partial charge in [0, 0.05) is 19.6 Å². The van der Waals surface area contributed by atoms with Crippen LogP contribution >= 0.6 is 12.4 Å². The van der Waals surface area contributed by atoms with Crippen LogP contribution in [0.4, 0.5) is 4.39 Å². The molecule has 0 aromatic heterocycles. The predicted molar refractivity (Wildman–Crippen MR) is 78.9 cm³/mol. The first kappa shape index (κ1) is 17.4. The smallest absolute Gasteiger partial charge is 0.243 e. The third kappa shape index (κ3) is 3.31. The molecule has 1 aromatic carbocycles. The highest BCUT2D eigenvalue weighted by molar-refractivity contribution is 7.89. The van der Waals surface area contributed by atoms with Crippen LogP contribution < -0.4 is 5.73 Å². The lowest BCUT2D eigenvalue weighted by atomic mass is 10.2. The first-order chi connectivity index (χ1) is 8.87. The van der Waals surface area contributed by atoms with Crippen molar-refractivity contribution in [2.75, 3.05) is 13.6 Å². The number of nitrogens with two attached hydrogens (primary N) is 1. The van der Waals surface area contributed by atoms with Gasteiger partial charge in [0.2, 0.25) is 10.0 Å². The van der Waals surface area contributed by atoms with Gasteiger partial charge in [-0.3, -0.25) is 0 Å². The van der Waals surface area contributed by atoms with Crippen LogP contribution in [0.5, 0.6) is 0 Å². The molecule has 0 radical (unpaired) electrons. The number of halogens is 2. The first-order valence-corrected chi connectivity index (χ1v) is 7.76. The van der Waals surface area contributed by atoms with E-state index >= 15 is 0 Å². The maximum Gasteiger partial charge on any atom is 0.243 e. The number of likely N-dealkylation sites (N-methyl/N-ethyl adjacent to an activating group) is 1. The van der Waals surface area contributed by atoms with E-state index in [1.54, 1.807) is 14.0 Å². The molecular formula is C13H20ClFN2O2S. The molecular weight excluding hydrogens is 303 g/mol. The van der Waals surface area contributed by atoms with Gasteiger partial charge in [0.1, 0.15) is 5.82 Å². The van der Waals surface area contributed by atoms with E-state index in [-0.39, 0.29) is 23.3 Å². The maximum atomic E-state index is 13.1. The second-order valence-corrected chi connectivity index (χ2v) is 7.04. The van der Waals surface area contributed by atoms with Gasteiger partial charge < -0.3 is 5.73 Å². The molecule has 2 N–H and O–H groups in total. The van der Waals surface area contributed by atoms with Gasteiger partial charge in [0.25, 0.3) is 0 Å². The third-order valence-electron chi connectivity index (χ3n) is 3.67. The molecule has 4 nitrogen and oxygen atoms in total. The van der Waals surface area contributed by atoms with Crippen LogP contribution in [0.2, 0.25) is 0 Å². The van der Waals surface area contributed by atoms with E-state index in [1.165, 1.54) is 22.5 Å². The van der Waals surface area contributed by atoms with Gasteiger partial charge in [0.05, 0.1) is 4.90 Å². The Balaban J connectivity index is 0.00000200. The van der Waals surface area contributed by atoms with Crippen molar-refractivity contribution in [2.45, 2.75) is 30.7 Å². The zero-order valence-corrected chi connectivity index (χ0v) is 13.2. The fourth-order valence-corrected chi connectivity index (χ4v) is 3.99. The van der Waals surface area contributed by atoms with Crippen molar-refractivity contribution in [3.63, 3.8) is 0 Å². The quantitative estimate of drug-likeness (QED) is 0.900. The molecule has 0 amide bonds. The molecule has 1 saturated carbocycles. The molecule has 1 unspecified atom stereocenters. The van der Waals surface area contributed by atoms with Crippen molar-refractivity contribution >= 4 is 22.4 Å². The van der Waals surface area contributed by atoms with Crippen LogP contribution in [0.1, 0.15) is 18.4 Å². The maximum absolute atomic E-state index is 13.1. The highest BCUT2D eigenvalue weighted by Gasteiger charge is 2.38. The Morgan fingerprint density at radius 1 is 1.45 bits per heavy atom. The molecule has 2 rings (SSSR count). The van der Waals surface area contributed by atoms with E-state index < -0.39 is 15.8 Å². The van der Waals surface area contributed by atoms with E-state index in [0.29, 0.717) is 18.0 Å². The summed E-state index contributed by atoms with van der Waals surface area (Å²) in [6.45, 7) is 1.90. The monoisotopic (exact) mass is 322 g/mol. The summed E-state index contributed by atoms with van der Waals surface area (Å²) in [5.74, 6) is -0.0813. The van der Waals surface area contributed by atoms with Gasteiger partial charge in [-0.1, -0.05) is 0 Å². The number of nitrogens with zero attached hydrogens (tertiary/aromatic N) is 1. The van der Waals surface area contributed by atoms with Gasteiger partial charge in [-0.25, -0.2) is 12.8 Å². The molecule has 7 heteroatoms. The normalized spacial score (nSPS) is 16.9. The average molecular weight is 323 g/mol. The van der Waals surface area contributed by atoms with Gasteiger partial charge in [-0.05, 0) is 49.4 Å². The Bertz CT molecular complexity index is 576. The zero-order chi connectivity index (χ0) is 14.2. The van der Waals surface area contributed by atoms with Crippen LogP contribution in [0, 0.1) is 18.7 Å². The molecule has 1 aliphatic carbocycles. The molecule has 1 aliphatic rings. The third-order valence-corrected chi connectivity index (χ3v) is 5.71. The number of hydrogen-bond donors (Lipinski definition) is 1. The largest absolute Gasteiger partial charge is 0.329 e. The van der Waals surface area contributed by atoms with E-state index in [9.17, 15) is 12.8 Å². The zero-order valence-electron chi connectivity index (χ0n) is 11.5. The molecule has 1 fully saturated rings. The standard InChI is InChI=1S/C13H19FN2O2S.ClH/c1-9-7-11(14)5-6-13(9)19(17,18)16(2)12(8-15)10-3-4-10;/h5-7,10,12H,3-4,8,15H2,1-2H3;1H. The van der Waals surface area contributed by atoms with Crippen LogP contribution in [0.15, 0.2) is 23.1 Å². The number of rotatable bonds is 5. The summed E-state index contributed by atoms with van der Waals surface area (Å²) in [6, 6.07) is 3.55. The van der Waals surface area contributed by atoms with E-state index in [1.807, 2.05) is 0 Å².